The standard InChI is InChI=1S/C24H29Cl2N3O6/c1-6-32-18-11-16(26)12-19(33-7-2)22(18)27-24(31)21(14(5)30)29-28-17-10-15(25)13-20(34-8-3)23(17)35-9-4/h10-13,21H,6-9H2,1-5H3,(H,27,31). The number of ketones is 1. The van der Waals surface area contributed by atoms with Crippen molar-refractivity contribution in [3.8, 4) is 23.0 Å². The molecule has 2 rings (SSSR count). The molecule has 0 spiro atoms. The number of Topliss-reactive ketones (excluding diaryl/α,β-unsaturated/α-hetero) is 1. The molecule has 1 amide bonds. The van der Waals surface area contributed by atoms with E-state index in [9.17, 15) is 9.59 Å². The molecule has 1 N–H and O–H groups in total. The van der Waals surface area contributed by atoms with E-state index in [0.717, 1.165) is 0 Å². The van der Waals surface area contributed by atoms with Gasteiger partial charge in [-0.2, -0.15) is 10.2 Å². The number of rotatable bonds is 13. The largest absolute Gasteiger partial charge is 0.491 e. The van der Waals surface area contributed by atoms with Crippen molar-refractivity contribution in [1.82, 2.24) is 0 Å². The first kappa shape index (κ1) is 28.2. The molecule has 0 heterocycles. The zero-order valence-corrected chi connectivity index (χ0v) is 21.8. The predicted octanol–water partition coefficient (Wildman–Crippen LogP) is 6.27. The van der Waals surface area contributed by atoms with Crippen LogP contribution in [0.5, 0.6) is 23.0 Å². The van der Waals surface area contributed by atoms with E-state index in [4.69, 9.17) is 42.1 Å². The number of benzene rings is 2. The maximum Gasteiger partial charge on any atom is 0.259 e. The molecule has 1 atom stereocenters. The highest BCUT2D eigenvalue weighted by molar-refractivity contribution is 6.31. The fourth-order valence-electron chi connectivity index (χ4n) is 3.03. The molecule has 0 saturated carbocycles. The van der Waals surface area contributed by atoms with Crippen LogP contribution in [-0.4, -0.2) is 44.2 Å². The van der Waals surface area contributed by atoms with Crippen molar-refractivity contribution >= 4 is 46.3 Å². The second-order valence-corrected chi connectivity index (χ2v) is 7.85. The minimum absolute atomic E-state index is 0.221. The van der Waals surface area contributed by atoms with Gasteiger partial charge in [-0.15, -0.1) is 0 Å². The number of amides is 1. The molecule has 1 unspecified atom stereocenters. The molecule has 2 aromatic carbocycles. The van der Waals surface area contributed by atoms with Crippen LogP contribution in [-0.2, 0) is 9.59 Å². The second kappa shape index (κ2) is 13.7. The normalized spacial score (nSPS) is 11.7. The van der Waals surface area contributed by atoms with Gasteiger partial charge < -0.3 is 24.3 Å². The molecule has 0 aromatic heterocycles. The van der Waals surface area contributed by atoms with E-state index < -0.39 is 17.7 Å². The summed E-state index contributed by atoms with van der Waals surface area (Å²) in [6, 6.07) is 4.73. The molecule has 9 nitrogen and oxygen atoms in total. The summed E-state index contributed by atoms with van der Waals surface area (Å²) in [6.07, 6.45) is 0. The van der Waals surface area contributed by atoms with E-state index in [1.165, 1.54) is 13.0 Å². The molecule has 0 bridgehead atoms. The number of hydrogen-bond acceptors (Lipinski definition) is 8. The summed E-state index contributed by atoms with van der Waals surface area (Å²) in [6.45, 7) is 9.79. The van der Waals surface area contributed by atoms with Crippen molar-refractivity contribution in [3.63, 3.8) is 0 Å². The van der Waals surface area contributed by atoms with E-state index in [0.29, 0.717) is 59.5 Å². The van der Waals surface area contributed by atoms with Crippen molar-refractivity contribution in [2.24, 2.45) is 10.2 Å². The van der Waals surface area contributed by atoms with Gasteiger partial charge in [0.05, 0.1) is 26.4 Å². The molecule has 0 aliphatic heterocycles. The number of hydrogen-bond donors (Lipinski definition) is 1. The highest BCUT2D eigenvalue weighted by Gasteiger charge is 2.26. The Balaban J connectivity index is 2.44. The topological polar surface area (TPSA) is 108 Å². The van der Waals surface area contributed by atoms with E-state index in [1.807, 2.05) is 6.92 Å². The van der Waals surface area contributed by atoms with Crippen LogP contribution in [0.4, 0.5) is 11.4 Å². The molecular formula is C24H29Cl2N3O6. The summed E-state index contributed by atoms with van der Waals surface area (Å²) in [7, 11) is 0. The highest BCUT2D eigenvalue weighted by atomic mass is 35.5. The van der Waals surface area contributed by atoms with Gasteiger partial charge in [0.2, 0.25) is 6.04 Å². The van der Waals surface area contributed by atoms with Gasteiger partial charge in [0.1, 0.15) is 22.9 Å². The van der Waals surface area contributed by atoms with Crippen molar-refractivity contribution in [2.45, 2.75) is 40.7 Å². The van der Waals surface area contributed by atoms with Crippen molar-refractivity contribution in [1.29, 1.82) is 0 Å². The number of halogens is 2. The number of anilines is 1. The minimum atomic E-state index is -1.46. The van der Waals surface area contributed by atoms with Gasteiger partial charge in [0.25, 0.3) is 5.91 Å². The molecule has 0 aliphatic rings. The molecule has 0 aliphatic carbocycles. The van der Waals surface area contributed by atoms with Gasteiger partial charge in [0.15, 0.2) is 17.3 Å². The SMILES string of the molecule is CCOc1cc(Cl)cc(OCC)c1NC(=O)C(N=Nc1cc(Cl)cc(OCC)c1OCC)C(C)=O. The van der Waals surface area contributed by atoms with Gasteiger partial charge in [-0.3, -0.25) is 9.59 Å². The Labute approximate surface area is 214 Å². The van der Waals surface area contributed by atoms with Gasteiger partial charge >= 0.3 is 0 Å². The van der Waals surface area contributed by atoms with E-state index >= 15 is 0 Å². The first-order chi connectivity index (χ1) is 16.7. The van der Waals surface area contributed by atoms with Crippen molar-refractivity contribution in [2.75, 3.05) is 31.7 Å². The third kappa shape index (κ3) is 7.73. The molecule has 0 fully saturated rings. The number of carbonyl (C=O) groups is 2. The van der Waals surface area contributed by atoms with Crippen LogP contribution in [0.1, 0.15) is 34.6 Å². The first-order valence-electron chi connectivity index (χ1n) is 11.2. The van der Waals surface area contributed by atoms with Crippen molar-refractivity contribution < 1.29 is 28.5 Å². The first-order valence-corrected chi connectivity index (χ1v) is 11.9. The summed E-state index contributed by atoms with van der Waals surface area (Å²) in [5, 5.41) is 11.5. The maximum absolute atomic E-state index is 13.1. The Morgan fingerprint density at radius 1 is 0.829 bits per heavy atom. The predicted molar refractivity (Wildman–Crippen MR) is 135 cm³/mol. The molecule has 190 valence electrons. The monoisotopic (exact) mass is 525 g/mol. The fourth-order valence-corrected chi connectivity index (χ4v) is 3.43. The average molecular weight is 526 g/mol. The third-order valence-corrected chi connectivity index (χ3v) is 4.82. The smallest absolute Gasteiger partial charge is 0.259 e. The lowest BCUT2D eigenvalue weighted by atomic mass is 10.2. The molecule has 2 aromatic rings. The van der Waals surface area contributed by atoms with E-state index in [2.05, 4.69) is 15.5 Å². The number of ether oxygens (including phenoxy) is 4. The molecule has 0 radical (unpaired) electrons. The lowest BCUT2D eigenvalue weighted by molar-refractivity contribution is -0.126. The van der Waals surface area contributed by atoms with E-state index in [1.54, 1.807) is 39.0 Å². The number of nitrogens with one attached hydrogen (secondary N) is 1. The summed E-state index contributed by atoms with van der Waals surface area (Å²) in [5.41, 5.74) is 0.458. The third-order valence-electron chi connectivity index (χ3n) is 4.38. The van der Waals surface area contributed by atoms with Crippen LogP contribution in [0.25, 0.3) is 0 Å². The summed E-state index contributed by atoms with van der Waals surface area (Å²) >= 11 is 12.3. The lowest BCUT2D eigenvalue weighted by Crippen LogP contribution is -2.32. The minimum Gasteiger partial charge on any atom is -0.491 e. The van der Waals surface area contributed by atoms with E-state index in [-0.39, 0.29) is 11.4 Å². The van der Waals surface area contributed by atoms with Gasteiger partial charge in [-0.05, 0) is 40.7 Å². The maximum atomic E-state index is 13.1. The van der Waals surface area contributed by atoms with Crippen LogP contribution >= 0.6 is 23.2 Å². The summed E-state index contributed by atoms with van der Waals surface area (Å²) < 4.78 is 22.4. The highest BCUT2D eigenvalue weighted by Crippen LogP contribution is 2.41. The fraction of sp³-hybridized carbons (Fsp3) is 0.417. The van der Waals surface area contributed by atoms with Crippen LogP contribution in [0, 0.1) is 0 Å². The van der Waals surface area contributed by atoms with Crippen molar-refractivity contribution in [3.05, 3.63) is 34.3 Å². The second-order valence-electron chi connectivity index (χ2n) is 6.98. The Bertz CT molecular complexity index is 1050. The molecular weight excluding hydrogens is 497 g/mol. The number of carbonyl (C=O) groups excluding carboxylic acids is 2. The Morgan fingerprint density at radius 2 is 1.31 bits per heavy atom. The average Bonchev–Trinajstić information content (AvgIpc) is 2.78. The molecule has 35 heavy (non-hydrogen) atoms. The summed E-state index contributed by atoms with van der Waals surface area (Å²) in [4.78, 5) is 25.4. The Kier molecular flexibility index (Phi) is 11.1. The Hall–Kier alpha value is -3.04. The zero-order valence-electron chi connectivity index (χ0n) is 20.3. The molecule has 0 saturated heterocycles. The van der Waals surface area contributed by atoms with Crippen LogP contribution < -0.4 is 24.3 Å². The lowest BCUT2D eigenvalue weighted by Gasteiger charge is -2.18. The number of nitrogens with zero attached hydrogens (tertiary/aromatic N) is 2. The van der Waals surface area contributed by atoms with Crippen LogP contribution in [0.2, 0.25) is 10.0 Å². The van der Waals surface area contributed by atoms with Gasteiger partial charge in [-0.25, -0.2) is 0 Å². The quantitative estimate of drug-likeness (QED) is 0.244. The summed E-state index contributed by atoms with van der Waals surface area (Å²) in [5.74, 6) is 0.0251. The number of azo groups is 1. The Morgan fingerprint density at radius 3 is 1.83 bits per heavy atom. The van der Waals surface area contributed by atoms with Crippen LogP contribution in [0.3, 0.4) is 0 Å². The van der Waals surface area contributed by atoms with Gasteiger partial charge in [-0.1, -0.05) is 23.2 Å². The zero-order chi connectivity index (χ0) is 26.0. The van der Waals surface area contributed by atoms with Gasteiger partial charge in [0, 0.05) is 28.2 Å². The molecule has 11 heteroatoms. The van der Waals surface area contributed by atoms with Crippen LogP contribution in [0.15, 0.2) is 34.5 Å².